The van der Waals surface area contributed by atoms with Crippen LogP contribution in [-0.4, -0.2) is 17.3 Å². The van der Waals surface area contributed by atoms with Crippen LogP contribution in [0.3, 0.4) is 0 Å². The van der Waals surface area contributed by atoms with E-state index in [9.17, 15) is 4.79 Å². The highest BCUT2D eigenvalue weighted by Crippen LogP contribution is 2.25. The van der Waals surface area contributed by atoms with Gasteiger partial charge in [-0.2, -0.15) is 0 Å². The molecule has 0 heterocycles. The van der Waals surface area contributed by atoms with Crippen molar-refractivity contribution >= 4 is 17.7 Å². The van der Waals surface area contributed by atoms with Gasteiger partial charge in [0.25, 0.3) is 0 Å². The molecule has 0 unspecified atom stereocenters. The van der Waals surface area contributed by atoms with Crippen molar-refractivity contribution in [3.63, 3.8) is 0 Å². The van der Waals surface area contributed by atoms with E-state index >= 15 is 0 Å². The van der Waals surface area contributed by atoms with E-state index in [1.54, 1.807) is 23.9 Å². The lowest BCUT2D eigenvalue weighted by molar-refractivity contribution is -0.133. The first-order valence-corrected chi connectivity index (χ1v) is 7.89. The SMILES string of the molecule is CSc1ccc(-c2ccc(O/C(N)=C(/NN)C(=O)O)cc2)cc1. The first kappa shape index (κ1) is 16.7. The van der Waals surface area contributed by atoms with E-state index in [0.717, 1.165) is 11.1 Å². The third-order valence-electron chi connectivity index (χ3n) is 3.11. The number of hydrogen-bond donors (Lipinski definition) is 4. The maximum Gasteiger partial charge on any atom is 0.358 e. The summed E-state index contributed by atoms with van der Waals surface area (Å²) < 4.78 is 5.29. The Hall–Kier alpha value is -2.64. The molecule has 2 aromatic carbocycles. The Labute approximate surface area is 138 Å². The summed E-state index contributed by atoms with van der Waals surface area (Å²) in [6.07, 6.45) is 2.03. The summed E-state index contributed by atoms with van der Waals surface area (Å²) in [4.78, 5) is 12.1. The molecule has 7 heteroatoms. The van der Waals surface area contributed by atoms with Gasteiger partial charge in [0, 0.05) is 4.90 Å². The van der Waals surface area contributed by atoms with Crippen molar-refractivity contribution in [3.05, 3.63) is 60.1 Å². The van der Waals surface area contributed by atoms with Gasteiger partial charge < -0.3 is 21.0 Å². The van der Waals surface area contributed by atoms with Crippen LogP contribution in [0, 0.1) is 0 Å². The van der Waals surface area contributed by atoms with Crippen LogP contribution in [0.5, 0.6) is 5.75 Å². The molecule has 0 aliphatic rings. The Balaban J connectivity index is 2.17. The highest BCUT2D eigenvalue weighted by Gasteiger charge is 2.12. The summed E-state index contributed by atoms with van der Waals surface area (Å²) in [6.45, 7) is 0. The average molecular weight is 331 g/mol. The van der Waals surface area contributed by atoms with Crippen molar-refractivity contribution in [2.45, 2.75) is 4.90 Å². The first-order chi connectivity index (χ1) is 11.0. The second-order valence-corrected chi connectivity index (χ2v) is 5.42. The van der Waals surface area contributed by atoms with Crippen molar-refractivity contribution in [3.8, 4) is 16.9 Å². The molecule has 6 N–H and O–H groups in total. The van der Waals surface area contributed by atoms with Gasteiger partial charge in [0.15, 0.2) is 5.70 Å². The number of thioether (sulfide) groups is 1. The Morgan fingerprint density at radius 2 is 1.61 bits per heavy atom. The Morgan fingerprint density at radius 3 is 2.04 bits per heavy atom. The number of nitrogens with two attached hydrogens (primary N) is 2. The van der Waals surface area contributed by atoms with E-state index in [0.29, 0.717) is 5.75 Å². The van der Waals surface area contributed by atoms with Crippen LogP contribution in [0.15, 0.2) is 65.0 Å². The molecule has 0 fully saturated rings. The lowest BCUT2D eigenvalue weighted by Gasteiger charge is -2.10. The number of carbonyl (C=O) groups is 1. The predicted octanol–water partition coefficient (Wildman–Crippen LogP) is 2.13. The van der Waals surface area contributed by atoms with Crippen molar-refractivity contribution in [1.29, 1.82) is 0 Å². The highest BCUT2D eigenvalue weighted by molar-refractivity contribution is 7.98. The van der Waals surface area contributed by atoms with Crippen molar-refractivity contribution in [2.75, 3.05) is 6.26 Å². The van der Waals surface area contributed by atoms with Crippen LogP contribution in [0.2, 0.25) is 0 Å². The number of carboxylic acid groups (broad SMARTS) is 1. The number of ether oxygens (including phenoxy) is 1. The molecule has 0 amide bonds. The second kappa shape index (κ2) is 7.57. The van der Waals surface area contributed by atoms with Crippen LogP contribution in [0.25, 0.3) is 11.1 Å². The quantitative estimate of drug-likeness (QED) is 0.211. The summed E-state index contributed by atoms with van der Waals surface area (Å²) >= 11 is 1.69. The molecule has 0 bridgehead atoms. The normalized spacial score (nSPS) is 11.6. The Bertz CT molecular complexity index is 712. The van der Waals surface area contributed by atoms with Crippen LogP contribution in [0.1, 0.15) is 0 Å². The third kappa shape index (κ3) is 4.18. The number of carboxylic acids is 1. The minimum atomic E-state index is -1.30. The number of nitrogens with one attached hydrogen (secondary N) is 1. The van der Waals surface area contributed by atoms with Crippen molar-refractivity contribution < 1.29 is 14.6 Å². The fourth-order valence-corrected chi connectivity index (χ4v) is 2.32. The summed E-state index contributed by atoms with van der Waals surface area (Å²) in [7, 11) is 0. The lowest BCUT2D eigenvalue weighted by atomic mass is 10.1. The van der Waals surface area contributed by atoms with Gasteiger partial charge in [0.05, 0.1) is 0 Å². The summed E-state index contributed by atoms with van der Waals surface area (Å²) in [6, 6.07) is 15.3. The maximum absolute atomic E-state index is 10.9. The fourth-order valence-electron chi connectivity index (χ4n) is 1.92. The molecule has 0 atom stereocenters. The average Bonchev–Trinajstić information content (AvgIpc) is 2.56. The second-order valence-electron chi connectivity index (χ2n) is 4.54. The van der Waals surface area contributed by atoms with Crippen LogP contribution in [0.4, 0.5) is 0 Å². The molecule has 0 radical (unpaired) electrons. The van der Waals surface area contributed by atoms with Gasteiger partial charge in [-0.1, -0.05) is 24.3 Å². The third-order valence-corrected chi connectivity index (χ3v) is 3.85. The van der Waals surface area contributed by atoms with E-state index < -0.39 is 11.7 Å². The highest BCUT2D eigenvalue weighted by atomic mass is 32.2. The minimum absolute atomic E-state index is 0.308. The smallest absolute Gasteiger partial charge is 0.358 e. The predicted molar refractivity (Wildman–Crippen MR) is 90.5 cm³/mol. The van der Waals surface area contributed by atoms with E-state index in [1.807, 2.05) is 35.9 Å². The molecule has 120 valence electrons. The zero-order valence-electron chi connectivity index (χ0n) is 12.4. The van der Waals surface area contributed by atoms with Crippen molar-refractivity contribution in [1.82, 2.24) is 5.43 Å². The number of benzene rings is 2. The van der Waals surface area contributed by atoms with E-state index in [-0.39, 0.29) is 5.88 Å². The van der Waals surface area contributed by atoms with Gasteiger partial charge in [-0.3, -0.25) is 5.84 Å². The van der Waals surface area contributed by atoms with Gasteiger partial charge in [-0.25, -0.2) is 4.79 Å². The zero-order valence-corrected chi connectivity index (χ0v) is 13.3. The first-order valence-electron chi connectivity index (χ1n) is 6.67. The minimum Gasteiger partial charge on any atom is -0.476 e. The van der Waals surface area contributed by atoms with Gasteiger partial charge in [0.2, 0.25) is 5.88 Å². The number of hydrazine groups is 1. The Morgan fingerprint density at radius 1 is 1.09 bits per heavy atom. The molecule has 0 spiro atoms. The maximum atomic E-state index is 10.9. The van der Waals surface area contributed by atoms with Crippen LogP contribution in [-0.2, 0) is 4.79 Å². The largest absolute Gasteiger partial charge is 0.476 e. The van der Waals surface area contributed by atoms with E-state index in [4.69, 9.17) is 21.4 Å². The monoisotopic (exact) mass is 331 g/mol. The molecule has 23 heavy (non-hydrogen) atoms. The van der Waals surface area contributed by atoms with E-state index in [2.05, 4.69) is 12.1 Å². The van der Waals surface area contributed by atoms with E-state index in [1.165, 1.54) is 4.90 Å². The number of aliphatic carboxylic acids is 1. The van der Waals surface area contributed by atoms with Gasteiger partial charge >= 0.3 is 5.97 Å². The van der Waals surface area contributed by atoms with Gasteiger partial charge in [-0.15, -0.1) is 11.8 Å². The lowest BCUT2D eigenvalue weighted by Crippen LogP contribution is -2.31. The molecular weight excluding hydrogens is 314 g/mol. The molecule has 0 saturated carbocycles. The zero-order chi connectivity index (χ0) is 16.8. The Kier molecular flexibility index (Phi) is 5.51. The number of rotatable bonds is 6. The molecule has 0 aliphatic carbocycles. The fraction of sp³-hybridized carbons (Fsp3) is 0.0625. The molecule has 0 saturated heterocycles. The standard InChI is InChI=1S/C16H17N3O3S/c1-23-13-8-4-11(5-9-13)10-2-6-12(7-3-10)22-15(17)14(19-18)16(20)21/h2-9,19H,17-18H2,1H3,(H,20,21)/b15-14+. The molecule has 2 aromatic rings. The molecular formula is C16H17N3O3S. The summed E-state index contributed by atoms with van der Waals surface area (Å²) in [5, 5.41) is 8.90. The van der Waals surface area contributed by atoms with Crippen molar-refractivity contribution in [2.24, 2.45) is 11.6 Å². The molecule has 6 nitrogen and oxygen atoms in total. The topological polar surface area (TPSA) is 111 Å². The molecule has 0 aromatic heterocycles. The molecule has 2 rings (SSSR count). The van der Waals surface area contributed by atoms with Crippen LogP contribution < -0.4 is 21.7 Å². The number of hydrogen-bond acceptors (Lipinski definition) is 6. The molecule has 0 aliphatic heterocycles. The summed E-state index contributed by atoms with van der Waals surface area (Å²) in [5.74, 6) is 3.92. The van der Waals surface area contributed by atoms with Crippen LogP contribution >= 0.6 is 11.8 Å². The van der Waals surface area contributed by atoms with Gasteiger partial charge in [-0.05, 0) is 41.6 Å². The summed E-state index contributed by atoms with van der Waals surface area (Å²) in [5.41, 5.74) is 9.26. The van der Waals surface area contributed by atoms with Gasteiger partial charge in [0.1, 0.15) is 5.75 Å².